The summed E-state index contributed by atoms with van der Waals surface area (Å²) in [6.45, 7) is 4.36. The van der Waals surface area contributed by atoms with Gasteiger partial charge in [0.1, 0.15) is 0 Å². The molecule has 1 rings (SSSR count). The molecule has 1 aliphatic rings. The highest BCUT2D eigenvalue weighted by Crippen LogP contribution is 2.08. The zero-order chi connectivity index (χ0) is 12.0. The molecule has 0 aromatic rings. The summed E-state index contributed by atoms with van der Waals surface area (Å²) < 4.78 is 10.5. The largest absolute Gasteiger partial charge is 0.382 e. The van der Waals surface area contributed by atoms with Crippen molar-refractivity contribution in [2.75, 3.05) is 33.4 Å². The van der Waals surface area contributed by atoms with Crippen molar-refractivity contribution in [2.45, 2.75) is 31.9 Å². The van der Waals surface area contributed by atoms with Gasteiger partial charge in [0, 0.05) is 32.7 Å². The highest BCUT2D eigenvalue weighted by Gasteiger charge is 2.23. The van der Waals surface area contributed by atoms with Crippen molar-refractivity contribution < 1.29 is 14.3 Å². The topological polar surface area (TPSA) is 64.8 Å². The Morgan fingerprint density at radius 1 is 1.65 bits per heavy atom. The van der Waals surface area contributed by atoms with E-state index in [0.717, 1.165) is 6.42 Å². The smallest absolute Gasteiger partial charge is 0.222 e. The molecule has 0 bridgehead atoms. The number of methoxy groups -OCH3 is 1. The standard InChI is InChI=1S/C11H22N2O3.ClH/c1-9(12)3-4-11(14)13-5-6-16-10(7-13)8-15-2;/h9-10H,3-8,12H2,1-2H3;1H. The van der Waals surface area contributed by atoms with E-state index in [1.807, 2.05) is 11.8 Å². The minimum atomic E-state index is 0. The molecule has 0 aromatic heterocycles. The van der Waals surface area contributed by atoms with Crippen LogP contribution in [-0.2, 0) is 14.3 Å². The van der Waals surface area contributed by atoms with Crippen molar-refractivity contribution in [1.29, 1.82) is 0 Å². The third kappa shape index (κ3) is 6.21. The second kappa shape index (κ2) is 8.69. The van der Waals surface area contributed by atoms with Crippen LogP contribution in [0.4, 0.5) is 0 Å². The quantitative estimate of drug-likeness (QED) is 0.783. The summed E-state index contributed by atoms with van der Waals surface area (Å²) in [4.78, 5) is 13.7. The molecule has 102 valence electrons. The first kappa shape index (κ1) is 16.6. The van der Waals surface area contributed by atoms with Crippen LogP contribution in [0.2, 0.25) is 0 Å². The molecule has 1 amide bonds. The van der Waals surface area contributed by atoms with Gasteiger partial charge in [0.2, 0.25) is 5.91 Å². The second-order valence-corrected chi connectivity index (χ2v) is 4.30. The third-order valence-corrected chi connectivity index (χ3v) is 2.66. The maximum absolute atomic E-state index is 11.8. The van der Waals surface area contributed by atoms with Crippen molar-refractivity contribution in [2.24, 2.45) is 5.73 Å². The number of halogens is 1. The van der Waals surface area contributed by atoms with Crippen LogP contribution in [0.15, 0.2) is 0 Å². The van der Waals surface area contributed by atoms with Gasteiger partial charge in [-0.25, -0.2) is 0 Å². The molecule has 17 heavy (non-hydrogen) atoms. The average molecular weight is 267 g/mol. The first-order valence-corrected chi connectivity index (χ1v) is 5.77. The number of hydrogen-bond acceptors (Lipinski definition) is 4. The Balaban J connectivity index is 0.00000256. The maximum atomic E-state index is 11.8. The summed E-state index contributed by atoms with van der Waals surface area (Å²) in [5, 5.41) is 0. The van der Waals surface area contributed by atoms with Crippen LogP contribution < -0.4 is 5.73 Å². The van der Waals surface area contributed by atoms with Gasteiger partial charge in [-0.3, -0.25) is 4.79 Å². The number of hydrogen-bond donors (Lipinski definition) is 1. The molecular weight excluding hydrogens is 244 g/mol. The molecule has 5 nitrogen and oxygen atoms in total. The van der Waals surface area contributed by atoms with Gasteiger partial charge >= 0.3 is 0 Å². The van der Waals surface area contributed by atoms with Gasteiger partial charge in [-0.2, -0.15) is 0 Å². The SMILES string of the molecule is COCC1CN(C(=O)CCC(C)N)CCO1.Cl. The Hall–Kier alpha value is -0.360. The lowest BCUT2D eigenvalue weighted by molar-refractivity contribution is -0.140. The number of amides is 1. The highest BCUT2D eigenvalue weighted by atomic mass is 35.5. The molecule has 2 atom stereocenters. The molecule has 0 saturated carbocycles. The zero-order valence-electron chi connectivity index (χ0n) is 10.6. The first-order valence-electron chi connectivity index (χ1n) is 5.77. The van der Waals surface area contributed by atoms with Gasteiger partial charge in [-0.05, 0) is 13.3 Å². The van der Waals surface area contributed by atoms with E-state index in [0.29, 0.717) is 32.7 Å². The lowest BCUT2D eigenvalue weighted by Gasteiger charge is -2.32. The number of nitrogens with two attached hydrogens (primary N) is 1. The van der Waals surface area contributed by atoms with Gasteiger partial charge in [0.15, 0.2) is 0 Å². The summed E-state index contributed by atoms with van der Waals surface area (Å²) in [5.74, 6) is 0.168. The first-order chi connectivity index (χ1) is 7.63. The van der Waals surface area contributed by atoms with Crippen molar-refractivity contribution >= 4 is 18.3 Å². The van der Waals surface area contributed by atoms with Crippen LogP contribution in [0.5, 0.6) is 0 Å². The number of carbonyl (C=O) groups excluding carboxylic acids is 1. The lowest BCUT2D eigenvalue weighted by atomic mass is 10.1. The molecular formula is C11H23ClN2O3. The maximum Gasteiger partial charge on any atom is 0.222 e. The normalized spacial score (nSPS) is 21.8. The van der Waals surface area contributed by atoms with Gasteiger partial charge in [-0.1, -0.05) is 0 Å². The van der Waals surface area contributed by atoms with E-state index in [1.54, 1.807) is 7.11 Å². The number of morpholine rings is 1. The molecule has 0 spiro atoms. The molecule has 0 radical (unpaired) electrons. The molecule has 2 unspecified atom stereocenters. The monoisotopic (exact) mass is 266 g/mol. The van der Waals surface area contributed by atoms with Crippen LogP contribution in [0, 0.1) is 0 Å². The Morgan fingerprint density at radius 3 is 2.94 bits per heavy atom. The minimum Gasteiger partial charge on any atom is -0.382 e. The summed E-state index contributed by atoms with van der Waals surface area (Å²) in [5.41, 5.74) is 5.63. The van der Waals surface area contributed by atoms with Crippen LogP contribution in [0.25, 0.3) is 0 Å². The molecule has 1 fully saturated rings. The van der Waals surface area contributed by atoms with Gasteiger partial charge in [-0.15, -0.1) is 12.4 Å². The minimum absolute atomic E-state index is 0. The summed E-state index contributed by atoms with van der Waals surface area (Å²) in [7, 11) is 1.64. The fourth-order valence-electron chi connectivity index (χ4n) is 1.74. The molecule has 6 heteroatoms. The van der Waals surface area contributed by atoms with Gasteiger partial charge < -0.3 is 20.1 Å². The Kier molecular flexibility index (Phi) is 8.51. The van der Waals surface area contributed by atoms with Crippen molar-refractivity contribution in [3.63, 3.8) is 0 Å². The van der Waals surface area contributed by atoms with Gasteiger partial charge in [0.05, 0.1) is 19.3 Å². The van der Waals surface area contributed by atoms with Gasteiger partial charge in [0.25, 0.3) is 0 Å². The number of rotatable bonds is 5. The van der Waals surface area contributed by atoms with E-state index < -0.39 is 0 Å². The van der Waals surface area contributed by atoms with Crippen LogP contribution >= 0.6 is 12.4 Å². The van der Waals surface area contributed by atoms with E-state index in [-0.39, 0.29) is 30.5 Å². The molecule has 0 aromatic carbocycles. The lowest BCUT2D eigenvalue weighted by Crippen LogP contribution is -2.47. The number of carbonyl (C=O) groups is 1. The van der Waals surface area contributed by atoms with E-state index in [9.17, 15) is 4.79 Å². The van der Waals surface area contributed by atoms with E-state index in [1.165, 1.54) is 0 Å². The number of ether oxygens (including phenoxy) is 2. The predicted molar refractivity (Wildman–Crippen MR) is 68.3 cm³/mol. The zero-order valence-corrected chi connectivity index (χ0v) is 11.4. The van der Waals surface area contributed by atoms with Crippen molar-refractivity contribution in [3.05, 3.63) is 0 Å². The summed E-state index contributed by atoms with van der Waals surface area (Å²) >= 11 is 0. The molecule has 1 aliphatic heterocycles. The van der Waals surface area contributed by atoms with E-state index >= 15 is 0 Å². The third-order valence-electron chi connectivity index (χ3n) is 2.66. The number of nitrogens with zero attached hydrogens (tertiary/aromatic N) is 1. The fraction of sp³-hybridized carbons (Fsp3) is 0.909. The second-order valence-electron chi connectivity index (χ2n) is 4.30. The van der Waals surface area contributed by atoms with Crippen LogP contribution in [-0.4, -0.2) is 56.4 Å². The average Bonchev–Trinajstić information content (AvgIpc) is 2.26. The highest BCUT2D eigenvalue weighted by molar-refractivity contribution is 5.85. The van der Waals surface area contributed by atoms with Crippen molar-refractivity contribution in [3.8, 4) is 0 Å². The van der Waals surface area contributed by atoms with E-state index in [4.69, 9.17) is 15.2 Å². The van der Waals surface area contributed by atoms with E-state index in [2.05, 4.69) is 0 Å². The van der Waals surface area contributed by atoms with Crippen molar-refractivity contribution in [1.82, 2.24) is 4.90 Å². The molecule has 2 N–H and O–H groups in total. The van der Waals surface area contributed by atoms with Crippen LogP contribution in [0.3, 0.4) is 0 Å². The Morgan fingerprint density at radius 2 is 2.35 bits per heavy atom. The Labute approximate surface area is 109 Å². The summed E-state index contributed by atoms with van der Waals surface area (Å²) in [6.07, 6.45) is 1.28. The summed E-state index contributed by atoms with van der Waals surface area (Å²) in [6, 6.07) is 0.0831. The molecule has 1 heterocycles. The predicted octanol–water partition coefficient (Wildman–Crippen LogP) is 0.409. The fourth-order valence-corrected chi connectivity index (χ4v) is 1.74. The molecule has 0 aliphatic carbocycles. The molecule has 1 saturated heterocycles. The Bertz CT molecular complexity index is 225. The van der Waals surface area contributed by atoms with Crippen LogP contribution in [0.1, 0.15) is 19.8 Å².